The fourth-order valence-corrected chi connectivity index (χ4v) is 1.32. The first-order chi connectivity index (χ1) is 5.24. The SMILES string of the molecule is CNCC(NC(C)=O)C1CC1. The summed E-state index contributed by atoms with van der Waals surface area (Å²) in [4.78, 5) is 10.7. The molecule has 1 rings (SSSR count). The van der Waals surface area contributed by atoms with Gasteiger partial charge in [-0.05, 0) is 25.8 Å². The van der Waals surface area contributed by atoms with Gasteiger partial charge in [-0.2, -0.15) is 0 Å². The van der Waals surface area contributed by atoms with E-state index in [2.05, 4.69) is 10.6 Å². The molecule has 1 atom stereocenters. The minimum atomic E-state index is 0.0807. The van der Waals surface area contributed by atoms with Gasteiger partial charge in [-0.25, -0.2) is 0 Å². The summed E-state index contributed by atoms with van der Waals surface area (Å²) in [7, 11) is 1.91. The molecule has 3 nitrogen and oxygen atoms in total. The van der Waals surface area contributed by atoms with Gasteiger partial charge in [0.2, 0.25) is 5.91 Å². The molecule has 1 aliphatic rings. The molecule has 2 N–H and O–H groups in total. The quantitative estimate of drug-likeness (QED) is 0.607. The Kier molecular flexibility index (Phi) is 2.88. The summed E-state index contributed by atoms with van der Waals surface area (Å²) in [5.74, 6) is 0.809. The average Bonchev–Trinajstić information content (AvgIpc) is 2.66. The van der Waals surface area contributed by atoms with E-state index >= 15 is 0 Å². The van der Waals surface area contributed by atoms with E-state index in [1.807, 2.05) is 7.05 Å². The van der Waals surface area contributed by atoms with Gasteiger partial charge in [-0.1, -0.05) is 0 Å². The first-order valence-electron chi connectivity index (χ1n) is 4.15. The van der Waals surface area contributed by atoms with Gasteiger partial charge in [0, 0.05) is 19.5 Å². The lowest BCUT2D eigenvalue weighted by Gasteiger charge is -2.15. The largest absolute Gasteiger partial charge is 0.352 e. The standard InChI is InChI=1S/C8H16N2O/c1-6(11)10-8(5-9-2)7-3-4-7/h7-9H,3-5H2,1-2H3,(H,10,11). The Bertz CT molecular complexity index is 143. The molecule has 64 valence electrons. The average molecular weight is 156 g/mol. The molecule has 0 radical (unpaired) electrons. The number of hydrogen-bond donors (Lipinski definition) is 2. The van der Waals surface area contributed by atoms with Crippen molar-refractivity contribution in [2.45, 2.75) is 25.8 Å². The van der Waals surface area contributed by atoms with E-state index in [9.17, 15) is 4.79 Å². The van der Waals surface area contributed by atoms with E-state index in [-0.39, 0.29) is 5.91 Å². The molecule has 0 bridgehead atoms. The van der Waals surface area contributed by atoms with Crippen LogP contribution in [0.15, 0.2) is 0 Å². The third-order valence-electron chi connectivity index (χ3n) is 2.00. The van der Waals surface area contributed by atoms with E-state index < -0.39 is 0 Å². The Balaban J connectivity index is 2.26. The molecule has 3 heteroatoms. The molecule has 0 heterocycles. The second-order valence-corrected chi connectivity index (χ2v) is 3.20. The van der Waals surface area contributed by atoms with Crippen molar-refractivity contribution in [2.24, 2.45) is 5.92 Å². The summed E-state index contributed by atoms with van der Waals surface area (Å²) in [5.41, 5.74) is 0. The predicted octanol–water partition coefficient (Wildman–Crippen LogP) is 0.120. The molecule has 1 aliphatic carbocycles. The molecule has 0 spiro atoms. The second kappa shape index (κ2) is 3.72. The third kappa shape index (κ3) is 2.89. The highest BCUT2D eigenvalue weighted by Crippen LogP contribution is 2.32. The Labute approximate surface area is 67.5 Å². The number of rotatable bonds is 4. The van der Waals surface area contributed by atoms with Crippen molar-refractivity contribution in [2.75, 3.05) is 13.6 Å². The summed E-state index contributed by atoms with van der Waals surface area (Å²) in [6, 6.07) is 0.359. The minimum Gasteiger partial charge on any atom is -0.352 e. The summed E-state index contributed by atoms with van der Waals surface area (Å²) < 4.78 is 0. The van der Waals surface area contributed by atoms with Crippen molar-refractivity contribution in [3.8, 4) is 0 Å². The van der Waals surface area contributed by atoms with Crippen molar-refractivity contribution >= 4 is 5.91 Å². The molecule has 1 unspecified atom stereocenters. The van der Waals surface area contributed by atoms with Gasteiger partial charge >= 0.3 is 0 Å². The van der Waals surface area contributed by atoms with Crippen LogP contribution in [0.1, 0.15) is 19.8 Å². The van der Waals surface area contributed by atoms with E-state index in [4.69, 9.17) is 0 Å². The number of hydrogen-bond acceptors (Lipinski definition) is 2. The van der Waals surface area contributed by atoms with Gasteiger partial charge in [-0.3, -0.25) is 4.79 Å². The topological polar surface area (TPSA) is 41.1 Å². The highest BCUT2D eigenvalue weighted by Gasteiger charge is 2.30. The number of likely N-dealkylation sites (N-methyl/N-ethyl adjacent to an activating group) is 1. The van der Waals surface area contributed by atoms with E-state index in [1.165, 1.54) is 12.8 Å². The van der Waals surface area contributed by atoms with Crippen LogP contribution in [0.5, 0.6) is 0 Å². The Morgan fingerprint density at radius 2 is 2.27 bits per heavy atom. The first-order valence-corrected chi connectivity index (χ1v) is 4.15. The van der Waals surface area contributed by atoms with Crippen LogP contribution in [-0.4, -0.2) is 25.5 Å². The molecule has 0 saturated heterocycles. The van der Waals surface area contributed by atoms with Crippen LogP contribution in [0.25, 0.3) is 0 Å². The Hall–Kier alpha value is -0.570. The van der Waals surface area contributed by atoms with Gasteiger partial charge in [-0.15, -0.1) is 0 Å². The van der Waals surface area contributed by atoms with Crippen molar-refractivity contribution in [1.82, 2.24) is 10.6 Å². The molecule has 0 aliphatic heterocycles. The van der Waals surface area contributed by atoms with Crippen LogP contribution in [0, 0.1) is 5.92 Å². The van der Waals surface area contributed by atoms with Gasteiger partial charge in [0.25, 0.3) is 0 Å². The monoisotopic (exact) mass is 156 g/mol. The lowest BCUT2D eigenvalue weighted by atomic mass is 10.2. The fraction of sp³-hybridized carbons (Fsp3) is 0.875. The zero-order chi connectivity index (χ0) is 8.27. The van der Waals surface area contributed by atoms with E-state index in [0.717, 1.165) is 12.5 Å². The number of carbonyl (C=O) groups excluding carboxylic acids is 1. The van der Waals surface area contributed by atoms with Crippen LogP contribution in [0.2, 0.25) is 0 Å². The molecule has 0 aromatic heterocycles. The summed E-state index contributed by atoms with van der Waals surface area (Å²) >= 11 is 0. The first kappa shape index (κ1) is 8.53. The van der Waals surface area contributed by atoms with Crippen LogP contribution in [0.3, 0.4) is 0 Å². The van der Waals surface area contributed by atoms with Gasteiger partial charge < -0.3 is 10.6 Å². The lowest BCUT2D eigenvalue weighted by Crippen LogP contribution is -2.41. The van der Waals surface area contributed by atoms with Crippen molar-refractivity contribution in [3.63, 3.8) is 0 Å². The van der Waals surface area contributed by atoms with E-state index in [1.54, 1.807) is 6.92 Å². The lowest BCUT2D eigenvalue weighted by molar-refractivity contribution is -0.119. The smallest absolute Gasteiger partial charge is 0.217 e. The van der Waals surface area contributed by atoms with Gasteiger partial charge in [0.1, 0.15) is 0 Å². The van der Waals surface area contributed by atoms with Crippen molar-refractivity contribution in [3.05, 3.63) is 0 Å². The van der Waals surface area contributed by atoms with Crippen LogP contribution in [-0.2, 0) is 4.79 Å². The Morgan fingerprint density at radius 1 is 1.64 bits per heavy atom. The Morgan fingerprint density at radius 3 is 2.64 bits per heavy atom. The van der Waals surface area contributed by atoms with Gasteiger partial charge in [0.05, 0.1) is 0 Å². The zero-order valence-corrected chi connectivity index (χ0v) is 7.18. The van der Waals surface area contributed by atoms with Crippen molar-refractivity contribution in [1.29, 1.82) is 0 Å². The van der Waals surface area contributed by atoms with Crippen LogP contribution in [0.4, 0.5) is 0 Å². The fourth-order valence-electron chi connectivity index (χ4n) is 1.32. The number of carbonyl (C=O) groups is 1. The summed E-state index contributed by atoms with van der Waals surface area (Å²) in [6.07, 6.45) is 2.54. The predicted molar refractivity (Wildman–Crippen MR) is 44.3 cm³/mol. The van der Waals surface area contributed by atoms with Crippen molar-refractivity contribution < 1.29 is 4.79 Å². The van der Waals surface area contributed by atoms with E-state index in [0.29, 0.717) is 6.04 Å². The molecule has 1 saturated carbocycles. The summed E-state index contributed by atoms with van der Waals surface area (Å²) in [6.45, 7) is 2.47. The molecule has 1 amide bonds. The normalized spacial score (nSPS) is 19.5. The molecule has 11 heavy (non-hydrogen) atoms. The highest BCUT2D eigenvalue weighted by atomic mass is 16.1. The molecule has 0 aromatic rings. The zero-order valence-electron chi connectivity index (χ0n) is 7.18. The molecule has 0 aromatic carbocycles. The maximum atomic E-state index is 10.7. The minimum absolute atomic E-state index is 0.0807. The van der Waals surface area contributed by atoms with Gasteiger partial charge in [0.15, 0.2) is 0 Å². The molecular formula is C8H16N2O. The summed E-state index contributed by atoms with van der Waals surface area (Å²) in [5, 5.41) is 6.02. The second-order valence-electron chi connectivity index (χ2n) is 3.20. The highest BCUT2D eigenvalue weighted by molar-refractivity contribution is 5.73. The molecular weight excluding hydrogens is 140 g/mol. The number of amides is 1. The van der Waals surface area contributed by atoms with Crippen LogP contribution >= 0.6 is 0 Å². The third-order valence-corrected chi connectivity index (χ3v) is 2.00. The number of nitrogens with one attached hydrogen (secondary N) is 2. The molecule has 1 fully saturated rings. The maximum Gasteiger partial charge on any atom is 0.217 e. The maximum absolute atomic E-state index is 10.7. The van der Waals surface area contributed by atoms with Crippen LogP contribution < -0.4 is 10.6 Å².